The van der Waals surface area contributed by atoms with Gasteiger partial charge in [-0.05, 0) is 84.2 Å². The Hall–Kier alpha value is -4.13. The van der Waals surface area contributed by atoms with E-state index in [1.807, 2.05) is 10.8 Å². The van der Waals surface area contributed by atoms with E-state index in [1.54, 1.807) is 71.9 Å². The standard InChI is InChI=1S/C32H40N5O10PS/c1-30(2,3)46-48(41,47-31(4,5)6)45-19-25(38)36-49(42,43)32(13-14-32)20-44-28-26-23(12-15-34-28)16-24(29(40)37(26)7)27(39)35-18-22-10-8-21(17-33)9-11-22/h8-12,15-16H,13-14,18-20H2,1-7H3,(H,35,39)(H,36,38). The molecule has 1 aliphatic carbocycles. The number of nitriles is 1. The number of carbonyl (C=O) groups is 2. The van der Waals surface area contributed by atoms with Gasteiger partial charge in [-0.3, -0.25) is 32.7 Å². The predicted octanol–water partition coefficient (Wildman–Crippen LogP) is 3.85. The van der Waals surface area contributed by atoms with Crippen LogP contribution in [0.5, 0.6) is 5.88 Å². The van der Waals surface area contributed by atoms with Crippen LogP contribution >= 0.6 is 7.82 Å². The number of sulfonamides is 1. The van der Waals surface area contributed by atoms with Gasteiger partial charge >= 0.3 is 7.82 Å². The first-order valence-electron chi connectivity index (χ1n) is 15.3. The molecule has 3 aromatic rings. The summed E-state index contributed by atoms with van der Waals surface area (Å²) in [5, 5.41) is 12.1. The normalized spacial score (nSPS) is 14.6. The molecule has 0 bridgehead atoms. The summed E-state index contributed by atoms with van der Waals surface area (Å²) in [6.07, 6.45) is 1.73. The fourth-order valence-electron chi connectivity index (χ4n) is 4.64. The van der Waals surface area contributed by atoms with Crippen molar-refractivity contribution in [2.24, 2.45) is 7.05 Å². The molecule has 1 saturated carbocycles. The van der Waals surface area contributed by atoms with Gasteiger partial charge in [0.15, 0.2) is 0 Å². The van der Waals surface area contributed by atoms with Crippen LogP contribution in [0.15, 0.2) is 47.4 Å². The number of carbonyl (C=O) groups excluding carboxylic acids is 2. The molecule has 0 spiro atoms. The predicted molar refractivity (Wildman–Crippen MR) is 179 cm³/mol. The van der Waals surface area contributed by atoms with Crippen molar-refractivity contribution < 1.29 is 40.9 Å². The molecule has 49 heavy (non-hydrogen) atoms. The summed E-state index contributed by atoms with van der Waals surface area (Å²) >= 11 is 0. The Bertz CT molecular complexity index is 1990. The monoisotopic (exact) mass is 717 g/mol. The number of hydrogen-bond acceptors (Lipinski definition) is 12. The van der Waals surface area contributed by atoms with Crippen LogP contribution < -0.4 is 20.3 Å². The van der Waals surface area contributed by atoms with E-state index in [2.05, 4.69) is 10.3 Å². The molecule has 264 valence electrons. The van der Waals surface area contributed by atoms with Crippen LogP contribution in [0.1, 0.15) is 75.9 Å². The number of phosphoric acid groups is 1. The van der Waals surface area contributed by atoms with Gasteiger partial charge in [0.25, 0.3) is 17.4 Å². The fraction of sp³-hybridized carbons (Fsp3) is 0.469. The molecule has 15 nitrogen and oxygen atoms in total. The highest BCUT2D eigenvalue weighted by atomic mass is 32.2. The zero-order valence-corrected chi connectivity index (χ0v) is 30.1. The number of fused-ring (bicyclic) bond motifs is 1. The van der Waals surface area contributed by atoms with E-state index in [4.69, 9.17) is 23.6 Å². The van der Waals surface area contributed by atoms with Gasteiger partial charge in [-0.2, -0.15) is 5.26 Å². The number of aryl methyl sites for hydroxylation is 1. The van der Waals surface area contributed by atoms with Crippen molar-refractivity contribution in [3.05, 3.63) is 69.6 Å². The van der Waals surface area contributed by atoms with Crippen molar-refractivity contribution in [1.82, 2.24) is 19.6 Å². The topological polar surface area (TPSA) is 205 Å². The lowest BCUT2D eigenvalue weighted by Crippen LogP contribution is -2.44. The summed E-state index contributed by atoms with van der Waals surface area (Å²) in [4.78, 5) is 43.1. The Morgan fingerprint density at radius 2 is 1.67 bits per heavy atom. The molecule has 0 radical (unpaired) electrons. The average molecular weight is 718 g/mol. The van der Waals surface area contributed by atoms with Gasteiger partial charge in [0, 0.05) is 25.2 Å². The molecule has 2 amide bonds. The maximum atomic E-state index is 13.3. The van der Waals surface area contributed by atoms with Gasteiger partial charge in [0.1, 0.15) is 29.0 Å². The van der Waals surface area contributed by atoms with Crippen LogP contribution in [0.2, 0.25) is 0 Å². The van der Waals surface area contributed by atoms with Gasteiger partial charge < -0.3 is 14.6 Å². The Morgan fingerprint density at radius 3 is 2.22 bits per heavy atom. The first kappa shape index (κ1) is 37.7. The van der Waals surface area contributed by atoms with Crippen molar-refractivity contribution in [2.45, 2.75) is 76.9 Å². The molecule has 2 heterocycles. The number of benzene rings is 1. The number of nitrogens with one attached hydrogen (secondary N) is 2. The van der Waals surface area contributed by atoms with E-state index in [0.29, 0.717) is 10.9 Å². The minimum Gasteiger partial charge on any atom is -0.474 e. The average Bonchev–Trinajstić information content (AvgIpc) is 3.80. The molecule has 0 unspecified atom stereocenters. The van der Waals surface area contributed by atoms with Crippen LogP contribution in [0.25, 0.3) is 10.9 Å². The summed E-state index contributed by atoms with van der Waals surface area (Å²) < 4.78 is 63.5. The highest BCUT2D eigenvalue weighted by Gasteiger charge is 2.56. The Balaban J connectivity index is 1.45. The maximum Gasteiger partial charge on any atom is 0.476 e. The number of hydrogen-bond donors (Lipinski definition) is 2. The summed E-state index contributed by atoms with van der Waals surface area (Å²) in [7, 11) is -7.16. The smallest absolute Gasteiger partial charge is 0.474 e. The van der Waals surface area contributed by atoms with Gasteiger partial charge in [-0.25, -0.2) is 18.0 Å². The molecule has 0 saturated heterocycles. The van der Waals surface area contributed by atoms with Crippen molar-refractivity contribution in [3.63, 3.8) is 0 Å². The van der Waals surface area contributed by atoms with Crippen LogP contribution in [0.4, 0.5) is 0 Å². The minimum atomic E-state index is -4.32. The third kappa shape index (κ3) is 9.52. The van der Waals surface area contributed by atoms with Gasteiger partial charge in [0.05, 0.1) is 22.8 Å². The number of ether oxygens (including phenoxy) is 1. The first-order chi connectivity index (χ1) is 22.7. The number of pyridine rings is 2. The molecule has 2 aromatic heterocycles. The van der Waals surface area contributed by atoms with Crippen LogP contribution in [0, 0.1) is 11.3 Å². The van der Waals surface area contributed by atoms with Crippen LogP contribution in [-0.2, 0) is 46.5 Å². The number of nitrogens with zero attached hydrogens (tertiary/aromatic N) is 3. The first-order valence-corrected chi connectivity index (χ1v) is 18.2. The molecule has 4 rings (SSSR count). The molecule has 0 aliphatic heterocycles. The number of amides is 2. The third-order valence-electron chi connectivity index (χ3n) is 7.10. The van der Waals surface area contributed by atoms with Crippen LogP contribution in [0.3, 0.4) is 0 Å². The van der Waals surface area contributed by atoms with E-state index in [9.17, 15) is 27.4 Å². The van der Waals surface area contributed by atoms with Crippen molar-refractivity contribution in [2.75, 3.05) is 13.2 Å². The van der Waals surface area contributed by atoms with E-state index < -0.39 is 64.4 Å². The van der Waals surface area contributed by atoms with E-state index in [0.717, 1.165) is 5.56 Å². The lowest BCUT2D eigenvalue weighted by molar-refractivity contribution is -0.122. The number of aromatic nitrogens is 2. The summed E-state index contributed by atoms with van der Waals surface area (Å²) in [5.41, 5.74) is -1.23. The molecule has 0 atom stereocenters. The maximum absolute atomic E-state index is 13.3. The zero-order valence-electron chi connectivity index (χ0n) is 28.4. The van der Waals surface area contributed by atoms with E-state index in [-0.39, 0.29) is 36.3 Å². The second kappa shape index (κ2) is 14.0. The molecule has 1 fully saturated rings. The minimum absolute atomic E-state index is 0.0441. The Kier molecular flexibility index (Phi) is 10.8. The van der Waals surface area contributed by atoms with Crippen molar-refractivity contribution in [3.8, 4) is 11.9 Å². The van der Waals surface area contributed by atoms with E-state index in [1.165, 1.54) is 23.9 Å². The summed E-state index contributed by atoms with van der Waals surface area (Å²) in [6.45, 7) is 8.53. The molecular formula is C32H40N5O10PS. The van der Waals surface area contributed by atoms with Gasteiger partial charge in [0.2, 0.25) is 15.9 Å². The second-order valence-electron chi connectivity index (χ2n) is 13.6. The van der Waals surface area contributed by atoms with Gasteiger partial charge in [-0.15, -0.1) is 0 Å². The lowest BCUT2D eigenvalue weighted by Gasteiger charge is -2.30. The number of phosphoric ester groups is 1. The molecule has 2 N–H and O–H groups in total. The second-order valence-corrected chi connectivity index (χ2v) is 17.2. The molecule has 1 aromatic carbocycles. The molecule has 1 aliphatic rings. The van der Waals surface area contributed by atoms with E-state index >= 15 is 0 Å². The molecule has 17 heteroatoms. The third-order valence-corrected chi connectivity index (χ3v) is 11.2. The highest BCUT2D eigenvalue weighted by molar-refractivity contribution is 7.91. The largest absolute Gasteiger partial charge is 0.476 e. The molecular weight excluding hydrogens is 677 g/mol. The summed E-state index contributed by atoms with van der Waals surface area (Å²) in [6, 6.07) is 11.6. The van der Waals surface area contributed by atoms with Crippen LogP contribution in [-0.4, -0.2) is 58.9 Å². The number of rotatable bonds is 13. The van der Waals surface area contributed by atoms with Gasteiger partial charge in [-0.1, -0.05) is 12.1 Å². The fourth-order valence-corrected chi connectivity index (χ4v) is 7.83. The Labute approximate surface area is 284 Å². The Morgan fingerprint density at radius 1 is 1.06 bits per heavy atom. The van der Waals surface area contributed by atoms with Crippen molar-refractivity contribution >= 4 is 40.6 Å². The summed E-state index contributed by atoms with van der Waals surface area (Å²) in [5.74, 6) is -1.74. The zero-order chi connectivity index (χ0) is 36.4. The lowest BCUT2D eigenvalue weighted by atomic mass is 10.1. The SMILES string of the molecule is Cn1c(=O)c(C(=O)NCc2ccc(C#N)cc2)cc2ccnc(OCC3(S(=O)(=O)NC(=O)COP(=O)(OC(C)(C)C)OC(C)(C)C)CC3)c21. The highest BCUT2D eigenvalue weighted by Crippen LogP contribution is 2.55. The van der Waals surface area contributed by atoms with Crippen molar-refractivity contribution in [1.29, 1.82) is 5.26 Å². The quantitative estimate of drug-likeness (QED) is 0.242.